The quantitative estimate of drug-likeness (QED) is 0.404. The highest BCUT2D eigenvalue weighted by Crippen LogP contribution is 2.44. The monoisotopic (exact) mass is 438 g/mol. The molecule has 0 atom stereocenters. The van der Waals surface area contributed by atoms with Crippen LogP contribution in [0.2, 0.25) is 0 Å². The summed E-state index contributed by atoms with van der Waals surface area (Å²) in [6.45, 7) is -1.33. The van der Waals surface area contributed by atoms with Crippen molar-refractivity contribution < 1.29 is 34.6 Å². The number of benzene rings is 2. The number of hydrogen-bond donors (Lipinski definition) is 2. The highest BCUT2D eigenvalue weighted by molar-refractivity contribution is 5.66. The molecule has 0 aliphatic heterocycles. The number of aliphatic hydroxyl groups is 2. The van der Waals surface area contributed by atoms with Crippen molar-refractivity contribution in [2.24, 2.45) is 0 Å². The molecule has 0 saturated carbocycles. The molecule has 0 heterocycles. The van der Waals surface area contributed by atoms with E-state index in [2.05, 4.69) is 0 Å². The molecule has 15 heteroatoms. The molecule has 164 valence electrons. The molecule has 2 aromatic rings. The lowest BCUT2D eigenvalue weighted by molar-refractivity contribution is -0.397. The Hall–Kier alpha value is -4.24. The van der Waals surface area contributed by atoms with Gasteiger partial charge in [-0.05, 0) is 12.1 Å². The lowest BCUT2D eigenvalue weighted by Gasteiger charge is -2.11. The Balaban J connectivity index is 2.76. The number of nitro groups is 4. The van der Waals surface area contributed by atoms with Gasteiger partial charge in [0.1, 0.15) is 11.1 Å². The second kappa shape index (κ2) is 9.51. The number of rotatable bonds is 10. The van der Waals surface area contributed by atoms with Crippen LogP contribution in [0.5, 0.6) is 11.5 Å². The summed E-state index contributed by atoms with van der Waals surface area (Å²) in [5.74, 6) is -1.21. The predicted octanol–water partition coefficient (Wildman–Crippen LogP) is 2.18. The largest absolute Gasteiger partial charge is 0.443 e. The molecule has 0 bridgehead atoms. The minimum absolute atomic E-state index is 0.463. The molecule has 0 fully saturated rings. The predicted molar refractivity (Wildman–Crippen MR) is 101 cm³/mol. The Labute approximate surface area is 171 Å². The second-order valence-corrected chi connectivity index (χ2v) is 5.90. The van der Waals surface area contributed by atoms with E-state index < -0.39 is 91.1 Å². The van der Waals surface area contributed by atoms with E-state index in [0.717, 1.165) is 24.3 Å². The van der Waals surface area contributed by atoms with Crippen LogP contribution in [0.4, 0.5) is 22.7 Å². The van der Waals surface area contributed by atoms with Crippen LogP contribution in [-0.2, 0) is 12.8 Å². The first-order valence-corrected chi connectivity index (χ1v) is 8.42. The highest BCUT2D eigenvalue weighted by atomic mass is 16.6. The van der Waals surface area contributed by atoms with Gasteiger partial charge in [-0.25, -0.2) is 0 Å². The molecule has 0 amide bonds. The van der Waals surface area contributed by atoms with Crippen LogP contribution in [-0.4, -0.2) is 43.1 Å². The molecule has 2 aromatic carbocycles. The molecule has 0 aliphatic carbocycles. The summed E-state index contributed by atoms with van der Waals surface area (Å²) in [4.78, 5) is 41.7. The first-order valence-electron chi connectivity index (χ1n) is 8.42. The molecule has 31 heavy (non-hydrogen) atoms. The van der Waals surface area contributed by atoms with Crippen molar-refractivity contribution in [2.75, 3.05) is 13.2 Å². The first kappa shape index (κ1) is 23.0. The van der Waals surface area contributed by atoms with Crippen LogP contribution in [0.25, 0.3) is 0 Å². The Bertz CT molecular complexity index is 987. The maximum absolute atomic E-state index is 11.6. The summed E-state index contributed by atoms with van der Waals surface area (Å²) in [7, 11) is 0. The zero-order valence-corrected chi connectivity index (χ0v) is 15.5. The van der Waals surface area contributed by atoms with Gasteiger partial charge in [0.2, 0.25) is 11.5 Å². The molecule has 0 saturated heterocycles. The minimum atomic E-state index is -1.00. The van der Waals surface area contributed by atoms with Crippen LogP contribution in [0, 0.1) is 40.5 Å². The van der Waals surface area contributed by atoms with Crippen molar-refractivity contribution in [3.63, 3.8) is 0 Å². The molecule has 0 unspecified atom stereocenters. The third kappa shape index (κ3) is 4.68. The van der Waals surface area contributed by atoms with Gasteiger partial charge in [0.25, 0.3) is 11.4 Å². The van der Waals surface area contributed by atoms with Crippen molar-refractivity contribution in [2.45, 2.75) is 12.8 Å². The topological polar surface area (TPSA) is 222 Å². The summed E-state index contributed by atoms with van der Waals surface area (Å²) in [6.07, 6.45) is -0.941. The van der Waals surface area contributed by atoms with Gasteiger partial charge in [0.15, 0.2) is 0 Å². The average Bonchev–Trinajstić information content (AvgIpc) is 2.67. The fraction of sp³-hybridized carbons (Fsp3) is 0.250. The molecule has 0 aliphatic rings. The van der Waals surface area contributed by atoms with E-state index in [1.54, 1.807) is 0 Å². The molecule has 2 N–H and O–H groups in total. The normalized spacial score (nSPS) is 10.5. The van der Waals surface area contributed by atoms with Crippen LogP contribution >= 0.6 is 0 Å². The standard InChI is InChI=1S/C16H14N4O11/c21-7-5-9-11(17(23)24)1-3-13(15(9)19(27)28)31-14-4-2-12(18(25)26)10(6-8-22)16(14)20(29)30/h1-4,21-22H,5-8H2. The van der Waals surface area contributed by atoms with Gasteiger partial charge in [-0.3, -0.25) is 40.5 Å². The lowest BCUT2D eigenvalue weighted by Crippen LogP contribution is -2.07. The maximum Gasteiger partial charge on any atom is 0.321 e. The van der Waals surface area contributed by atoms with Crippen molar-refractivity contribution in [3.8, 4) is 11.5 Å². The Morgan fingerprint density at radius 3 is 1.26 bits per heavy atom. The zero-order valence-electron chi connectivity index (χ0n) is 15.5. The van der Waals surface area contributed by atoms with Crippen LogP contribution < -0.4 is 4.74 Å². The molecular formula is C16H14N4O11. The number of nitrogens with zero attached hydrogens (tertiary/aromatic N) is 4. The third-order valence-electron chi connectivity index (χ3n) is 4.14. The zero-order chi connectivity index (χ0) is 23.3. The number of nitro benzene ring substituents is 4. The fourth-order valence-corrected chi connectivity index (χ4v) is 2.95. The van der Waals surface area contributed by atoms with Gasteiger partial charge in [0.05, 0.1) is 19.7 Å². The molecule has 0 aromatic heterocycles. The van der Waals surface area contributed by atoms with Gasteiger partial charge < -0.3 is 14.9 Å². The van der Waals surface area contributed by atoms with E-state index in [-0.39, 0.29) is 0 Å². The van der Waals surface area contributed by atoms with Gasteiger partial charge in [-0.2, -0.15) is 0 Å². The van der Waals surface area contributed by atoms with Crippen molar-refractivity contribution in [1.82, 2.24) is 0 Å². The molecule has 2 rings (SSSR count). The van der Waals surface area contributed by atoms with Crippen molar-refractivity contribution in [3.05, 3.63) is 75.8 Å². The van der Waals surface area contributed by atoms with Crippen LogP contribution in [0.1, 0.15) is 11.1 Å². The smallest absolute Gasteiger partial charge is 0.321 e. The highest BCUT2D eigenvalue weighted by Gasteiger charge is 2.34. The summed E-state index contributed by atoms with van der Waals surface area (Å²) in [5.41, 5.74) is -4.02. The van der Waals surface area contributed by atoms with Gasteiger partial charge >= 0.3 is 11.4 Å². The first-order chi connectivity index (χ1) is 14.6. The number of hydrogen-bond acceptors (Lipinski definition) is 11. The summed E-state index contributed by atoms with van der Waals surface area (Å²) < 4.78 is 5.31. The SMILES string of the molecule is O=[N+]([O-])c1ccc(Oc2ccc([N+](=O)[O-])c(CCO)c2[N+](=O)[O-])c([N+](=O)[O-])c1CCO. The van der Waals surface area contributed by atoms with Gasteiger partial charge in [-0.15, -0.1) is 0 Å². The third-order valence-corrected chi connectivity index (χ3v) is 4.14. The van der Waals surface area contributed by atoms with Crippen LogP contribution in [0.15, 0.2) is 24.3 Å². The molecule has 15 nitrogen and oxygen atoms in total. The van der Waals surface area contributed by atoms with E-state index in [4.69, 9.17) is 14.9 Å². The Kier molecular flexibility index (Phi) is 7.07. The van der Waals surface area contributed by atoms with Gasteiger partial charge in [-0.1, -0.05) is 0 Å². The average molecular weight is 438 g/mol. The lowest BCUT2D eigenvalue weighted by atomic mass is 10.1. The Morgan fingerprint density at radius 1 is 0.645 bits per heavy atom. The van der Waals surface area contributed by atoms with E-state index in [9.17, 15) is 40.5 Å². The van der Waals surface area contributed by atoms with E-state index >= 15 is 0 Å². The van der Waals surface area contributed by atoms with E-state index in [1.807, 2.05) is 0 Å². The van der Waals surface area contributed by atoms with Crippen molar-refractivity contribution >= 4 is 22.7 Å². The summed E-state index contributed by atoms with van der Waals surface area (Å²) in [5, 5.41) is 63.8. The number of aliphatic hydroxyl groups excluding tert-OH is 2. The molecular weight excluding hydrogens is 424 g/mol. The van der Waals surface area contributed by atoms with E-state index in [0.29, 0.717) is 0 Å². The van der Waals surface area contributed by atoms with Crippen molar-refractivity contribution in [1.29, 1.82) is 0 Å². The second-order valence-electron chi connectivity index (χ2n) is 5.90. The van der Waals surface area contributed by atoms with Crippen LogP contribution in [0.3, 0.4) is 0 Å². The summed E-state index contributed by atoms with van der Waals surface area (Å²) in [6, 6.07) is 3.46. The van der Waals surface area contributed by atoms with E-state index in [1.165, 1.54) is 0 Å². The minimum Gasteiger partial charge on any atom is -0.443 e. The molecule has 0 radical (unpaired) electrons. The molecule has 0 spiro atoms. The van der Waals surface area contributed by atoms with Gasteiger partial charge in [0, 0.05) is 38.2 Å². The number of ether oxygens (including phenoxy) is 1. The Morgan fingerprint density at radius 2 is 1.00 bits per heavy atom. The summed E-state index contributed by atoms with van der Waals surface area (Å²) >= 11 is 0. The fourth-order valence-electron chi connectivity index (χ4n) is 2.95. The maximum atomic E-state index is 11.6.